The van der Waals surface area contributed by atoms with Crippen molar-refractivity contribution in [2.75, 3.05) is 6.54 Å². The van der Waals surface area contributed by atoms with Crippen molar-refractivity contribution in [3.63, 3.8) is 0 Å². The highest BCUT2D eigenvalue weighted by Crippen LogP contribution is 2.25. The predicted molar refractivity (Wildman–Crippen MR) is 111 cm³/mol. The molecule has 1 aromatic heterocycles. The van der Waals surface area contributed by atoms with Crippen LogP contribution in [0.1, 0.15) is 22.8 Å². The van der Waals surface area contributed by atoms with E-state index in [1.165, 1.54) is 0 Å². The van der Waals surface area contributed by atoms with Crippen LogP contribution in [0, 0.1) is 0 Å². The Morgan fingerprint density at radius 1 is 0.964 bits per heavy atom. The highest BCUT2D eigenvalue weighted by molar-refractivity contribution is 7.00. The first kappa shape index (κ1) is 18.3. The molecule has 2 N–H and O–H groups in total. The van der Waals surface area contributed by atoms with E-state index in [9.17, 15) is 9.90 Å². The number of amides is 1. The molecule has 5 nitrogen and oxygen atoms in total. The van der Waals surface area contributed by atoms with Crippen molar-refractivity contribution >= 4 is 28.7 Å². The van der Waals surface area contributed by atoms with Gasteiger partial charge in [-0.05, 0) is 41.8 Å². The average Bonchev–Trinajstić information content (AvgIpc) is 3.21. The Balaban J connectivity index is 1.45. The minimum Gasteiger partial charge on any atom is -0.384 e. The number of benzene rings is 3. The fourth-order valence-corrected chi connectivity index (χ4v) is 3.55. The Labute approximate surface area is 167 Å². The molecule has 140 valence electrons. The lowest BCUT2D eigenvalue weighted by molar-refractivity contribution is 0.0526. The first-order valence-corrected chi connectivity index (χ1v) is 9.65. The molecule has 1 unspecified atom stereocenters. The number of aliphatic hydroxyl groups is 1. The maximum atomic E-state index is 12.5. The van der Waals surface area contributed by atoms with Crippen LogP contribution in [0.25, 0.3) is 22.2 Å². The molecule has 0 aliphatic carbocycles. The molecule has 1 heterocycles. The molecule has 0 saturated carbocycles. The van der Waals surface area contributed by atoms with Gasteiger partial charge in [0.05, 0.1) is 18.3 Å². The number of carbonyl (C=O) groups is 1. The third-order valence-electron chi connectivity index (χ3n) is 4.72. The molecule has 3 aromatic carbocycles. The van der Waals surface area contributed by atoms with Gasteiger partial charge in [-0.1, -0.05) is 54.6 Å². The number of nitrogens with one attached hydrogen (secondary N) is 1. The lowest BCUT2D eigenvalue weighted by atomic mass is 9.93. The lowest BCUT2D eigenvalue weighted by Crippen LogP contribution is -2.38. The van der Waals surface area contributed by atoms with Gasteiger partial charge >= 0.3 is 0 Å². The Morgan fingerprint density at radius 2 is 1.64 bits per heavy atom. The maximum Gasteiger partial charge on any atom is 0.251 e. The van der Waals surface area contributed by atoms with E-state index in [1.807, 2.05) is 54.6 Å². The zero-order chi connectivity index (χ0) is 19.6. The van der Waals surface area contributed by atoms with Gasteiger partial charge in [-0.25, -0.2) is 0 Å². The normalized spacial score (nSPS) is 13.2. The van der Waals surface area contributed by atoms with Crippen molar-refractivity contribution in [3.05, 3.63) is 83.9 Å². The second-order valence-corrected chi connectivity index (χ2v) is 7.40. The monoisotopic (exact) mass is 389 g/mol. The summed E-state index contributed by atoms with van der Waals surface area (Å²) in [5.41, 5.74) is 3.72. The molecule has 0 saturated heterocycles. The first-order chi connectivity index (χ1) is 13.5. The summed E-state index contributed by atoms with van der Waals surface area (Å²) in [6.45, 7) is 1.79. The van der Waals surface area contributed by atoms with Crippen LogP contribution in [0.5, 0.6) is 0 Å². The van der Waals surface area contributed by atoms with Crippen LogP contribution >= 0.6 is 11.7 Å². The number of hydrogen-bond acceptors (Lipinski definition) is 5. The van der Waals surface area contributed by atoms with E-state index < -0.39 is 5.60 Å². The largest absolute Gasteiger partial charge is 0.384 e. The SMILES string of the molecule is CC(O)(CNC(=O)c1ccc2nsnc2c1)c1ccc(-c2ccccc2)cc1. The standard InChI is InChI=1S/C22H19N3O2S/c1-22(27,18-10-7-16(8-11-18)15-5-3-2-4-6-15)14-23-21(26)17-9-12-19-20(13-17)25-28-24-19/h2-13,27H,14H2,1H3,(H,23,26). The van der Waals surface area contributed by atoms with Crippen LogP contribution < -0.4 is 5.32 Å². The van der Waals surface area contributed by atoms with Crippen molar-refractivity contribution < 1.29 is 9.90 Å². The Hall–Kier alpha value is -3.09. The van der Waals surface area contributed by atoms with Crippen LogP contribution in [0.3, 0.4) is 0 Å². The van der Waals surface area contributed by atoms with Gasteiger partial charge in [0.2, 0.25) is 0 Å². The molecule has 4 aromatic rings. The fourth-order valence-electron chi connectivity index (χ4n) is 3.03. The molecule has 0 bridgehead atoms. The third-order valence-corrected chi connectivity index (χ3v) is 5.28. The van der Waals surface area contributed by atoms with Crippen LogP contribution in [0.2, 0.25) is 0 Å². The Kier molecular flexibility index (Phi) is 4.90. The second-order valence-electron chi connectivity index (χ2n) is 6.87. The summed E-state index contributed by atoms with van der Waals surface area (Å²) in [5, 5.41) is 13.7. The maximum absolute atomic E-state index is 12.5. The smallest absolute Gasteiger partial charge is 0.251 e. The van der Waals surface area contributed by atoms with E-state index in [1.54, 1.807) is 25.1 Å². The second kappa shape index (κ2) is 7.50. The van der Waals surface area contributed by atoms with E-state index in [2.05, 4.69) is 14.1 Å². The molecular weight excluding hydrogens is 370 g/mol. The number of rotatable bonds is 5. The molecule has 1 amide bonds. The summed E-state index contributed by atoms with van der Waals surface area (Å²) >= 11 is 1.12. The summed E-state index contributed by atoms with van der Waals surface area (Å²) in [5.74, 6) is -0.254. The van der Waals surface area contributed by atoms with Crippen LogP contribution in [-0.4, -0.2) is 26.3 Å². The Morgan fingerprint density at radius 3 is 2.39 bits per heavy atom. The average molecular weight is 389 g/mol. The van der Waals surface area contributed by atoms with Gasteiger partial charge in [0, 0.05) is 5.56 Å². The van der Waals surface area contributed by atoms with E-state index in [-0.39, 0.29) is 12.5 Å². The van der Waals surface area contributed by atoms with E-state index >= 15 is 0 Å². The molecule has 0 spiro atoms. The fraction of sp³-hybridized carbons (Fsp3) is 0.136. The zero-order valence-electron chi connectivity index (χ0n) is 15.3. The van der Waals surface area contributed by atoms with E-state index in [0.29, 0.717) is 11.1 Å². The topological polar surface area (TPSA) is 75.1 Å². The van der Waals surface area contributed by atoms with Crippen molar-refractivity contribution in [3.8, 4) is 11.1 Å². The minimum absolute atomic E-state index is 0.101. The van der Waals surface area contributed by atoms with Crippen molar-refractivity contribution in [1.82, 2.24) is 14.1 Å². The van der Waals surface area contributed by atoms with Gasteiger partial charge in [0.25, 0.3) is 5.91 Å². The molecule has 6 heteroatoms. The lowest BCUT2D eigenvalue weighted by Gasteiger charge is -2.24. The zero-order valence-corrected chi connectivity index (χ0v) is 16.1. The van der Waals surface area contributed by atoms with Gasteiger partial charge in [-0.15, -0.1) is 0 Å². The van der Waals surface area contributed by atoms with E-state index in [4.69, 9.17) is 0 Å². The molecule has 0 fully saturated rings. The predicted octanol–water partition coefficient (Wildman–Crippen LogP) is 4.00. The third kappa shape index (κ3) is 3.78. The van der Waals surface area contributed by atoms with Crippen molar-refractivity contribution in [2.45, 2.75) is 12.5 Å². The number of aromatic nitrogens is 2. The molecule has 1 atom stereocenters. The van der Waals surface area contributed by atoms with Crippen LogP contribution in [0.4, 0.5) is 0 Å². The van der Waals surface area contributed by atoms with Crippen LogP contribution in [0.15, 0.2) is 72.8 Å². The summed E-state index contributed by atoms with van der Waals surface area (Å²) in [7, 11) is 0. The van der Waals surface area contributed by atoms with Gasteiger partial charge < -0.3 is 10.4 Å². The molecule has 0 radical (unpaired) electrons. The summed E-state index contributed by atoms with van der Waals surface area (Å²) < 4.78 is 8.28. The van der Waals surface area contributed by atoms with Gasteiger partial charge in [-0.2, -0.15) is 8.75 Å². The number of fused-ring (bicyclic) bond motifs is 1. The van der Waals surface area contributed by atoms with Gasteiger partial charge in [0.1, 0.15) is 16.6 Å². The van der Waals surface area contributed by atoms with Crippen LogP contribution in [-0.2, 0) is 5.60 Å². The number of nitrogens with zero attached hydrogens (tertiary/aromatic N) is 2. The quantitative estimate of drug-likeness (QED) is 0.541. The highest BCUT2D eigenvalue weighted by Gasteiger charge is 2.24. The molecule has 0 aliphatic rings. The highest BCUT2D eigenvalue weighted by atomic mass is 32.1. The number of carbonyl (C=O) groups excluding carboxylic acids is 1. The number of hydrogen-bond donors (Lipinski definition) is 2. The summed E-state index contributed by atoms with van der Waals surface area (Å²) in [6, 6.07) is 23.0. The Bertz CT molecular complexity index is 1110. The summed E-state index contributed by atoms with van der Waals surface area (Å²) in [4.78, 5) is 12.5. The molecule has 4 rings (SSSR count). The first-order valence-electron chi connectivity index (χ1n) is 8.92. The summed E-state index contributed by atoms with van der Waals surface area (Å²) in [6.07, 6.45) is 0. The molecular formula is C22H19N3O2S. The van der Waals surface area contributed by atoms with Crippen molar-refractivity contribution in [1.29, 1.82) is 0 Å². The van der Waals surface area contributed by atoms with Gasteiger partial charge in [0.15, 0.2) is 0 Å². The van der Waals surface area contributed by atoms with Gasteiger partial charge in [-0.3, -0.25) is 4.79 Å². The minimum atomic E-state index is -1.18. The molecule has 0 aliphatic heterocycles. The van der Waals surface area contributed by atoms with Crippen molar-refractivity contribution in [2.24, 2.45) is 0 Å². The van der Waals surface area contributed by atoms with E-state index in [0.717, 1.165) is 33.9 Å². The molecule has 28 heavy (non-hydrogen) atoms.